The number of allylic oxidation sites excluding steroid dienone is 10. The van der Waals surface area contributed by atoms with Crippen LogP contribution in [0.15, 0.2) is 60.8 Å². The number of amides is 1. The molecule has 0 aliphatic heterocycles. The van der Waals surface area contributed by atoms with Crippen molar-refractivity contribution >= 4 is 5.91 Å². The molecule has 0 aromatic rings. The first kappa shape index (κ1) is 41.1. The highest BCUT2D eigenvalue weighted by Gasteiger charge is 2.19. The highest BCUT2D eigenvalue weighted by molar-refractivity contribution is 5.76. The number of unbranched alkanes of at least 4 members (excludes halogenated alkanes) is 14. The van der Waals surface area contributed by atoms with E-state index < -0.39 is 12.1 Å². The molecule has 0 aromatic heterocycles. The molecule has 2 unspecified atom stereocenters. The highest BCUT2D eigenvalue weighted by Crippen LogP contribution is 2.13. The number of nitrogens with one attached hydrogen (secondary N) is 1. The molecule has 0 bridgehead atoms. The molecule has 248 valence electrons. The van der Waals surface area contributed by atoms with Gasteiger partial charge in [-0.1, -0.05) is 158 Å². The number of hydrogen-bond acceptors (Lipinski definition) is 3. The lowest BCUT2D eigenvalue weighted by Gasteiger charge is -2.22. The molecule has 0 aliphatic carbocycles. The smallest absolute Gasteiger partial charge is 0.220 e. The van der Waals surface area contributed by atoms with Gasteiger partial charge in [0.05, 0.1) is 18.8 Å². The minimum atomic E-state index is -0.663. The third-order valence-electron chi connectivity index (χ3n) is 7.79. The Morgan fingerprint density at radius 3 is 1.53 bits per heavy atom. The van der Waals surface area contributed by atoms with Gasteiger partial charge in [-0.25, -0.2) is 0 Å². The SMILES string of the molecule is CC/C=C\C/C=C\C/C=C\C/C=C\C/C=C\CCCCCCCCCC(=O)NC(CO)C(O)CCCCCCCCCC. The number of hydrogen-bond donors (Lipinski definition) is 3. The Kier molecular flexibility index (Phi) is 33.0. The van der Waals surface area contributed by atoms with E-state index >= 15 is 0 Å². The summed E-state index contributed by atoms with van der Waals surface area (Å²) in [5.41, 5.74) is 0. The molecule has 4 heteroatoms. The van der Waals surface area contributed by atoms with Crippen molar-refractivity contribution in [1.82, 2.24) is 5.32 Å². The minimum absolute atomic E-state index is 0.0499. The van der Waals surface area contributed by atoms with Crippen molar-refractivity contribution < 1.29 is 15.0 Å². The fourth-order valence-corrected chi connectivity index (χ4v) is 5.03. The Balaban J connectivity index is 3.61. The van der Waals surface area contributed by atoms with Crippen molar-refractivity contribution in [2.75, 3.05) is 6.61 Å². The van der Waals surface area contributed by atoms with Gasteiger partial charge >= 0.3 is 0 Å². The Hall–Kier alpha value is -1.91. The molecule has 0 saturated carbocycles. The van der Waals surface area contributed by atoms with E-state index in [0.29, 0.717) is 12.8 Å². The summed E-state index contributed by atoms with van der Waals surface area (Å²) < 4.78 is 0. The molecule has 43 heavy (non-hydrogen) atoms. The first-order valence-corrected chi connectivity index (χ1v) is 18.0. The van der Waals surface area contributed by atoms with Crippen LogP contribution in [0.1, 0.15) is 162 Å². The van der Waals surface area contributed by atoms with Gasteiger partial charge in [0, 0.05) is 6.42 Å². The van der Waals surface area contributed by atoms with Crippen LogP contribution < -0.4 is 5.32 Å². The fraction of sp³-hybridized carbons (Fsp3) is 0.718. The molecule has 0 aromatic carbocycles. The molecule has 2 atom stereocenters. The van der Waals surface area contributed by atoms with Crippen molar-refractivity contribution in [2.45, 2.75) is 174 Å². The van der Waals surface area contributed by atoms with Gasteiger partial charge in [-0.05, 0) is 57.8 Å². The zero-order valence-electron chi connectivity index (χ0n) is 28.2. The molecule has 1 amide bonds. The highest BCUT2D eigenvalue weighted by atomic mass is 16.3. The summed E-state index contributed by atoms with van der Waals surface area (Å²) in [5.74, 6) is -0.0499. The summed E-state index contributed by atoms with van der Waals surface area (Å²) in [6.45, 7) is 4.19. The van der Waals surface area contributed by atoms with Gasteiger partial charge in [-0.2, -0.15) is 0 Å². The monoisotopic (exact) mass is 600 g/mol. The van der Waals surface area contributed by atoms with Crippen LogP contribution in [0.5, 0.6) is 0 Å². The van der Waals surface area contributed by atoms with Crippen LogP contribution in [0.3, 0.4) is 0 Å². The van der Waals surface area contributed by atoms with E-state index in [2.05, 4.69) is 79.9 Å². The molecular weight excluding hydrogens is 530 g/mol. The first-order valence-electron chi connectivity index (χ1n) is 18.0. The van der Waals surface area contributed by atoms with Crippen molar-refractivity contribution in [1.29, 1.82) is 0 Å². The maximum atomic E-state index is 12.3. The summed E-state index contributed by atoms with van der Waals surface area (Å²) in [6, 6.07) is -0.542. The summed E-state index contributed by atoms with van der Waals surface area (Å²) in [5, 5.41) is 22.9. The summed E-state index contributed by atoms with van der Waals surface area (Å²) in [7, 11) is 0. The van der Waals surface area contributed by atoms with Gasteiger partial charge in [0.1, 0.15) is 0 Å². The van der Waals surface area contributed by atoms with Gasteiger partial charge in [-0.3, -0.25) is 4.79 Å². The summed E-state index contributed by atoms with van der Waals surface area (Å²) in [6.07, 6.45) is 47.1. The number of carbonyl (C=O) groups is 1. The van der Waals surface area contributed by atoms with Crippen molar-refractivity contribution in [3.63, 3.8) is 0 Å². The van der Waals surface area contributed by atoms with Crippen LogP contribution in [-0.4, -0.2) is 34.9 Å². The third-order valence-corrected chi connectivity index (χ3v) is 7.79. The largest absolute Gasteiger partial charge is 0.394 e. The fourth-order valence-electron chi connectivity index (χ4n) is 5.03. The molecule has 4 nitrogen and oxygen atoms in total. The quantitative estimate of drug-likeness (QED) is 0.0548. The van der Waals surface area contributed by atoms with Gasteiger partial charge in [0.25, 0.3) is 0 Å². The van der Waals surface area contributed by atoms with E-state index in [1.807, 2.05) is 0 Å². The Labute approximate surface area is 266 Å². The molecule has 0 heterocycles. The van der Waals surface area contributed by atoms with Crippen molar-refractivity contribution in [3.05, 3.63) is 60.8 Å². The van der Waals surface area contributed by atoms with Crippen LogP contribution in [0.25, 0.3) is 0 Å². The van der Waals surface area contributed by atoms with E-state index in [1.54, 1.807) is 0 Å². The van der Waals surface area contributed by atoms with Gasteiger partial charge in [0.15, 0.2) is 0 Å². The van der Waals surface area contributed by atoms with E-state index in [1.165, 1.54) is 70.6 Å². The van der Waals surface area contributed by atoms with Gasteiger partial charge in [0.2, 0.25) is 5.91 Å². The maximum absolute atomic E-state index is 12.3. The first-order chi connectivity index (χ1) is 21.2. The summed E-state index contributed by atoms with van der Waals surface area (Å²) >= 11 is 0. The normalized spacial score (nSPS) is 13.9. The van der Waals surface area contributed by atoms with Gasteiger partial charge in [-0.15, -0.1) is 0 Å². The van der Waals surface area contributed by atoms with Crippen LogP contribution in [0, 0.1) is 0 Å². The topological polar surface area (TPSA) is 69.6 Å². The second kappa shape index (κ2) is 34.6. The van der Waals surface area contributed by atoms with Crippen molar-refractivity contribution in [3.8, 4) is 0 Å². The van der Waals surface area contributed by atoms with E-state index in [0.717, 1.165) is 64.2 Å². The lowest BCUT2D eigenvalue weighted by atomic mass is 10.0. The molecule has 0 fully saturated rings. The summed E-state index contributed by atoms with van der Waals surface area (Å²) in [4.78, 5) is 12.3. The molecule has 0 rings (SSSR count). The third kappa shape index (κ3) is 31.3. The number of aliphatic hydroxyl groups excluding tert-OH is 2. The Bertz CT molecular complexity index is 737. The molecule has 0 saturated heterocycles. The average molecular weight is 600 g/mol. The standard InChI is InChI=1S/C39H69NO3/c1-3-5-7-9-11-13-14-15-16-17-18-19-20-21-22-23-24-25-26-27-29-31-33-35-39(43)40-37(36-41)38(42)34-32-30-28-12-10-8-6-4-2/h5,7,11,13,15-16,18-19,21-22,37-38,41-42H,3-4,6,8-10,12,14,17,20,23-36H2,1-2H3,(H,40,43)/b7-5-,13-11-,16-15-,19-18-,22-21-. The molecule has 0 aliphatic rings. The van der Waals surface area contributed by atoms with E-state index in [4.69, 9.17) is 0 Å². The zero-order valence-corrected chi connectivity index (χ0v) is 28.2. The lowest BCUT2D eigenvalue weighted by molar-refractivity contribution is -0.123. The van der Waals surface area contributed by atoms with Crippen LogP contribution in [-0.2, 0) is 4.79 Å². The second-order valence-electron chi connectivity index (χ2n) is 11.9. The molecular formula is C39H69NO3. The Morgan fingerprint density at radius 1 is 0.581 bits per heavy atom. The Morgan fingerprint density at radius 2 is 1.02 bits per heavy atom. The van der Waals surface area contributed by atoms with Crippen LogP contribution in [0.4, 0.5) is 0 Å². The maximum Gasteiger partial charge on any atom is 0.220 e. The number of carbonyl (C=O) groups excluding carboxylic acids is 1. The predicted molar refractivity (Wildman–Crippen MR) is 188 cm³/mol. The van der Waals surface area contributed by atoms with Gasteiger partial charge < -0.3 is 15.5 Å². The van der Waals surface area contributed by atoms with E-state index in [-0.39, 0.29) is 12.5 Å². The van der Waals surface area contributed by atoms with Crippen LogP contribution >= 0.6 is 0 Å². The minimum Gasteiger partial charge on any atom is -0.394 e. The second-order valence-corrected chi connectivity index (χ2v) is 11.9. The zero-order chi connectivity index (χ0) is 31.5. The van der Waals surface area contributed by atoms with Crippen molar-refractivity contribution in [2.24, 2.45) is 0 Å². The van der Waals surface area contributed by atoms with Crippen LogP contribution in [0.2, 0.25) is 0 Å². The molecule has 0 spiro atoms. The lowest BCUT2D eigenvalue weighted by Crippen LogP contribution is -2.45. The number of rotatable bonds is 31. The molecule has 3 N–H and O–H groups in total. The molecule has 0 radical (unpaired) electrons. The van der Waals surface area contributed by atoms with E-state index in [9.17, 15) is 15.0 Å². The predicted octanol–water partition coefficient (Wildman–Crippen LogP) is 10.6. The number of aliphatic hydroxyl groups is 2. The average Bonchev–Trinajstić information content (AvgIpc) is 3.01.